The van der Waals surface area contributed by atoms with Crippen molar-refractivity contribution >= 4 is 11.9 Å². The Kier molecular flexibility index (Phi) is 3.88. The minimum Gasteiger partial charge on any atom is -0.407 e. The van der Waals surface area contributed by atoms with Crippen LogP contribution in [0.2, 0.25) is 0 Å². The average molecular weight is 273 g/mol. The highest BCUT2D eigenvalue weighted by Crippen LogP contribution is 2.17. The molecule has 1 heterocycles. The maximum Gasteiger partial charge on any atom is 0.322 e. The van der Waals surface area contributed by atoms with E-state index in [1.54, 1.807) is 0 Å². The fourth-order valence-corrected chi connectivity index (χ4v) is 1.54. The first-order valence-corrected chi connectivity index (χ1v) is 6.54. The van der Waals surface area contributed by atoms with Gasteiger partial charge in [0.25, 0.3) is 0 Å². The van der Waals surface area contributed by atoms with Crippen molar-refractivity contribution in [3.05, 3.63) is 41.3 Å². The van der Waals surface area contributed by atoms with Gasteiger partial charge in [-0.05, 0) is 12.5 Å². The largest absolute Gasteiger partial charge is 0.407 e. The van der Waals surface area contributed by atoms with Gasteiger partial charge in [0.15, 0.2) is 0 Å². The van der Waals surface area contributed by atoms with Crippen LogP contribution in [0.5, 0.6) is 0 Å². The maximum absolute atomic E-state index is 11.8. The van der Waals surface area contributed by atoms with Gasteiger partial charge in [0.1, 0.15) is 0 Å². The minimum absolute atomic E-state index is 0.145. The van der Waals surface area contributed by atoms with E-state index in [0.29, 0.717) is 12.3 Å². The zero-order valence-electron chi connectivity index (χ0n) is 12.2. The Bertz CT molecular complexity index is 594. The van der Waals surface area contributed by atoms with Crippen LogP contribution in [0.3, 0.4) is 0 Å². The number of carbonyl (C=O) groups is 1. The second kappa shape index (κ2) is 5.45. The Morgan fingerprint density at radius 2 is 1.85 bits per heavy atom. The third-order valence-electron chi connectivity index (χ3n) is 2.84. The van der Waals surface area contributed by atoms with Crippen LogP contribution in [0, 0.1) is 12.3 Å². The molecule has 0 saturated carbocycles. The van der Waals surface area contributed by atoms with Gasteiger partial charge in [-0.25, -0.2) is 0 Å². The highest BCUT2D eigenvalue weighted by atomic mass is 16.4. The molecule has 0 radical (unpaired) electrons. The number of hydrogen-bond acceptors (Lipinski definition) is 4. The van der Waals surface area contributed by atoms with Gasteiger partial charge >= 0.3 is 6.01 Å². The number of anilines is 1. The number of aryl methyl sites for hydroxylation is 1. The molecule has 5 heteroatoms. The Morgan fingerprint density at radius 1 is 1.20 bits per heavy atom. The van der Waals surface area contributed by atoms with Gasteiger partial charge in [-0.2, -0.15) is 0 Å². The Balaban J connectivity index is 2.02. The number of rotatable bonds is 3. The zero-order chi connectivity index (χ0) is 14.8. The summed E-state index contributed by atoms with van der Waals surface area (Å²) < 4.78 is 5.43. The third kappa shape index (κ3) is 3.66. The van der Waals surface area contributed by atoms with E-state index in [0.717, 1.165) is 5.56 Å². The summed E-state index contributed by atoms with van der Waals surface area (Å²) in [6, 6.07) is 8.26. The standard InChI is InChI=1S/C15H19N3O2/c1-10-5-7-11(8-6-10)9-12-17-18-14(20-12)16-13(19)15(2,3)4/h5-8H,9H2,1-4H3,(H,16,18,19). The first kappa shape index (κ1) is 14.2. The van der Waals surface area contributed by atoms with Gasteiger partial charge in [-0.3, -0.25) is 10.1 Å². The summed E-state index contributed by atoms with van der Waals surface area (Å²) >= 11 is 0. The Labute approximate surface area is 118 Å². The van der Waals surface area contributed by atoms with Crippen molar-refractivity contribution < 1.29 is 9.21 Å². The predicted octanol–water partition coefficient (Wildman–Crippen LogP) is 2.95. The van der Waals surface area contributed by atoms with Crippen LogP contribution < -0.4 is 5.32 Å². The highest BCUT2D eigenvalue weighted by molar-refractivity contribution is 5.92. The van der Waals surface area contributed by atoms with Gasteiger partial charge in [-0.1, -0.05) is 55.7 Å². The van der Waals surface area contributed by atoms with Gasteiger partial charge in [0, 0.05) is 5.41 Å². The molecule has 20 heavy (non-hydrogen) atoms. The summed E-state index contributed by atoms with van der Waals surface area (Å²) in [5.41, 5.74) is 1.80. The minimum atomic E-state index is -0.494. The quantitative estimate of drug-likeness (QED) is 0.933. The fourth-order valence-electron chi connectivity index (χ4n) is 1.54. The van der Waals surface area contributed by atoms with Crippen molar-refractivity contribution in [2.75, 3.05) is 5.32 Å². The monoisotopic (exact) mass is 273 g/mol. The molecule has 0 atom stereocenters. The number of nitrogens with zero attached hydrogens (tertiary/aromatic N) is 2. The first-order chi connectivity index (χ1) is 9.34. The smallest absolute Gasteiger partial charge is 0.322 e. The van der Waals surface area contributed by atoms with E-state index in [1.807, 2.05) is 52.0 Å². The summed E-state index contributed by atoms with van der Waals surface area (Å²) in [6.45, 7) is 7.51. The molecule has 1 aromatic heterocycles. The molecule has 1 amide bonds. The van der Waals surface area contributed by atoms with Crippen molar-refractivity contribution in [2.24, 2.45) is 5.41 Å². The zero-order valence-corrected chi connectivity index (χ0v) is 12.2. The molecule has 5 nitrogen and oxygen atoms in total. The summed E-state index contributed by atoms with van der Waals surface area (Å²) in [6.07, 6.45) is 0.554. The van der Waals surface area contributed by atoms with Crippen molar-refractivity contribution in [1.82, 2.24) is 10.2 Å². The number of hydrogen-bond donors (Lipinski definition) is 1. The van der Waals surface area contributed by atoms with E-state index < -0.39 is 5.41 Å². The van der Waals surface area contributed by atoms with Crippen molar-refractivity contribution in [3.63, 3.8) is 0 Å². The molecule has 1 N–H and O–H groups in total. The van der Waals surface area contributed by atoms with Gasteiger partial charge < -0.3 is 4.42 Å². The summed E-state index contributed by atoms with van der Waals surface area (Å²) in [5.74, 6) is 0.334. The molecule has 0 bridgehead atoms. The molecule has 2 rings (SSSR count). The lowest BCUT2D eigenvalue weighted by Crippen LogP contribution is -2.27. The SMILES string of the molecule is Cc1ccc(Cc2nnc(NC(=O)C(C)(C)C)o2)cc1. The van der Waals surface area contributed by atoms with Gasteiger partial charge in [0.05, 0.1) is 6.42 Å². The molecule has 0 fully saturated rings. The average Bonchev–Trinajstić information content (AvgIpc) is 2.78. The van der Waals surface area contributed by atoms with E-state index in [1.165, 1.54) is 5.56 Å². The lowest BCUT2D eigenvalue weighted by atomic mass is 9.96. The molecule has 106 valence electrons. The van der Waals surface area contributed by atoms with Crippen LogP contribution >= 0.6 is 0 Å². The summed E-state index contributed by atoms with van der Waals surface area (Å²) in [5, 5.41) is 10.4. The first-order valence-electron chi connectivity index (χ1n) is 6.54. The molecule has 1 aromatic carbocycles. The van der Waals surface area contributed by atoms with E-state index >= 15 is 0 Å². The summed E-state index contributed by atoms with van der Waals surface area (Å²) in [4.78, 5) is 11.8. The Morgan fingerprint density at radius 3 is 2.45 bits per heavy atom. The summed E-state index contributed by atoms with van der Waals surface area (Å²) in [7, 11) is 0. The van der Waals surface area contributed by atoms with Crippen LogP contribution in [0.1, 0.15) is 37.8 Å². The molecule has 0 aliphatic rings. The lowest BCUT2D eigenvalue weighted by molar-refractivity contribution is -0.123. The molecule has 2 aromatic rings. The van der Waals surface area contributed by atoms with Gasteiger partial charge in [0.2, 0.25) is 11.8 Å². The van der Waals surface area contributed by atoms with Crippen LogP contribution in [-0.2, 0) is 11.2 Å². The number of carbonyl (C=O) groups excluding carboxylic acids is 1. The Hall–Kier alpha value is -2.17. The predicted molar refractivity (Wildman–Crippen MR) is 76.4 cm³/mol. The maximum atomic E-state index is 11.8. The normalized spacial score (nSPS) is 11.4. The molecule has 0 aliphatic carbocycles. The van der Waals surface area contributed by atoms with E-state index in [9.17, 15) is 4.79 Å². The van der Waals surface area contributed by atoms with E-state index in [2.05, 4.69) is 15.5 Å². The highest BCUT2D eigenvalue weighted by Gasteiger charge is 2.23. The van der Waals surface area contributed by atoms with Gasteiger partial charge in [-0.15, -0.1) is 5.10 Å². The fraction of sp³-hybridized carbons (Fsp3) is 0.400. The number of benzene rings is 1. The van der Waals surface area contributed by atoms with Crippen molar-refractivity contribution in [3.8, 4) is 0 Å². The number of nitrogens with one attached hydrogen (secondary N) is 1. The topological polar surface area (TPSA) is 68.0 Å². The third-order valence-corrected chi connectivity index (χ3v) is 2.84. The molecular weight excluding hydrogens is 254 g/mol. The lowest BCUT2D eigenvalue weighted by Gasteiger charge is -2.15. The van der Waals surface area contributed by atoms with Crippen molar-refractivity contribution in [1.29, 1.82) is 0 Å². The number of amides is 1. The van der Waals surface area contributed by atoms with E-state index in [4.69, 9.17) is 4.42 Å². The second-order valence-electron chi connectivity index (χ2n) is 5.87. The van der Waals surface area contributed by atoms with Crippen LogP contribution in [-0.4, -0.2) is 16.1 Å². The van der Waals surface area contributed by atoms with Crippen LogP contribution in [0.4, 0.5) is 6.01 Å². The second-order valence-corrected chi connectivity index (χ2v) is 5.87. The van der Waals surface area contributed by atoms with Crippen LogP contribution in [0.25, 0.3) is 0 Å². The van der Waals surface area contributed by atoms with E-state index in [-0.39, 0.29) is 11.9 Å². The van der Waals surface area contributed by atoms with Crippen LogP contribution in [0.15, 0.2) is 28.7 Å². The molecule has 0 spiro atoms. The molecule has 0 unspecified atom stereocenters. The molecule has 0 saturated heterocycles. The van der Waals surface area contributed by atoms with Crippen molar-refractivity contribution in [2.45, 2.75) is 34.1 Å². The number of aromatic nitrogens is 2. The molecular formula is C15H19N3O2. The molecule has 0 aliphatic heterocycles.